The second kappa shape index (κ2) is 4.98. The molecular formula is C12H14BrN3O. The van der Waals surface area contributed by atoms with E-state index < -0.39 is 0 Å². The average molecular weight is 296 g/mol. The fraction of sp³-hybridized carbons (Fsp3) is 0.333. The lowest BCUT2D eigenvalue weighted by molar-refractivity contribution is 0.280. The minimum Gasteiger partial charge on any atom is -0.392 e. The Morgan fingerprint density at radius 2 is 2.12 bits per heavy atom. The number of aliphatic hydroxyl groups excluding tert-OH is 1. The number of hydrogen-bond donors (Lipinski definition) is 1. The first-order chi connectivity index (χ1) is 8.11. The molecule has 0 aliphatic rings. The SMILES string of the molecule is Cc1nn(Cc2ccc(Br)cn2)c(C)c1CO. The molecule has 4 nitrogen and oxygen atoms in total. The molecule has 2 heterocycles. The minimum absolute atomic E-state index is 0.0332. The predicted molar refractivity (Wildman–Crippen MR) is 68.7 cm³/mol. The summed E-state index contributed by atoms with van der Waals surface area (Å²) in [5.74, 6) is 0. The Bertz CT molecular complexity index is 519. The Kier molecular flexibility index (Phi) is 3.59. The highest BCUT2D eigenvalue weighted by Gasteiger charge is 2.10. The molecule has 0 aliphatic heterocycles. The van der Waals surface area contributed by atoms with Gasteiger partial charge >= 0.3 is 0 Å². The Balaban J connectivity index is 2.27. The zero-order valence-corrected chi connectivity index (χ0v) is 11.4. The number of rotatable bonds is 3. The summed E-state index contributed by atoms with van der Waals surface area (Å²) in [5.41, 5.74) is 3.72. The van der Waals surface area contributed by atoms with Crippen LogP contribution in [-0.4, -0.2) is 19.9 Å². The van der Waals surface area contributed by atoms with Crippen LogP contribution >= 0.6 is 15.9 Å². The molecule has 2 aromatic rings. The van der Waals surface area contributed by atoms with E-state index >= 15 is 0 Å². The molecule has 0 aliphatic carbocycles. The second-order valence-corrected chi connectivity index (χ2v) is 4.85. The van der Waals surface area contributed by atoms with Gasteiger partial charge in [0.25, 0.3) is 0 Å². The summed E-state index contributed by atoms with van der Waals surface area (Å²) in [5, 5.41) is 13.6. The zero-order valence-electron chi connectivity index (χ0n) is 9.81. The normalized spacial score (nSPS) is 10.8. The van der Waals surface area contributed by atoms with Crippen molar-refractivity contribution in [3.63, 3.8) is 0 Å². The Morgan fingerprint density at radius 3 is 2.65 bits per heavy atom. The van der Waals surface area contributed by atoms with Gasteiger partial charge in [-0.15, -0.1) is 0 Å². The summed E-state index contributed by atoms with van der Waals surface area (Å²) in [6.45, 7) is 4.53. The van der Waals surface area contributed by atoms with Crippen LogP contribution < -0.4 is 0 Å². The number of nitrogens with zero attached hydrogens (tertiary/aromatic N) is 3. The van der Waals surface area contributed by atoms with E-state index in [-0.39, 0.29) is 6.61 Å². The Labute approximate surface area is 108 Å². The quantitative estimate of drug-likeness (QED) is 0.944. The molecule has 0 unspecified atom stereocenters. The van der Waals surface area contributed by atoms with Gasteiger partial charge in [0.1, 0.15) is 0 Å². The van der Waals surface area contributed by atoms with Gasteiger partial charge in [0, 0.05) is 21.9 Å². The number of pyridine rings is 1. The molecular weight excluding hydrogens is 282 g/mol. The van der Waals surface area contributed by atoms with Crippen molar-refractivity contribution < 1.29 is 5.11 Å². The van der Waals surface area contributed by atoms with Gasteiger partial charge in [-0.1, -0.05) is 0 Å². The summed E-state index contributed by atoms with van der Waals surface area (Å²) in [4.78, 5) is 4.31. The largest absolute Gasteiger partial charge is 0.392 e. The topological polar surface area (TPSA) is 50.9 Å². The van der Waals surface area contributed by atoms with Crippen molar-refractivity contribution in [3.05, 3.63) is 45.4 Å². The number of aryl methyl sites for hydroxylation is 1. The first kappa shape index (κ1) is 12.3. The van der Waals surface area contributed by atoms with E-state index in [9.17, 15) is 5.11 Å². The lowest BCUT2D eigenvalue weighted by Gasteiger charge is -2.04. The van der Waals surface area contributed by atoms with Crippen LogP contribution in [0.3, 0.4) is 0 Å². The summed E-state index contributed by atoms with van der Waals surface area (Å²) in [6, 6.07) is 3.92. The lowest BCUT2D eigenvalue weighted by Crippen LogP contribution is -2.05. The van der Waals surface area contributed by atoms with Crippen molar-refractivity contribution in [2.45, 2.75) is 27.0 Å². The van der Waals surface area contributed by atoms with Crippen molar-refractivity contribution in [1.82, 2.24) is 14.8 Å². The van der Waals surface area contributed by atoms with E-state index in [1.165, 1.54) is 0 Å². The number of hydrogen-bond acceptors (Lipinski definition) is 3. The van der Waals surface area contributed by atoms with Crippen LogP contribution in [0.1, 0.15) is 22.6 Å². The van der Waals surface area contributed by atoms with Crippen molar-refractivity contribution in [2.24, 2.45) is 0 Å². The molecule has 0 aromatic carbocycles. The smallest absolute Gasteiger partial charge is 0.0834 e. The maximum absolute atomic E-state index is 9.24. The second-order valence-electron chi connectivity index (χ2n) is 3.93. The Hall–Kier alpha value is -1.20. The fourth-order valence-corrected chi connectivity index (χ4v) is 2.00. The molecule has 0 bridgehead atoms. The Morgan fingerprint density at radius 1 is 1.35 bits per heavy atom. The van der Waals surface area contributed by atoms with Crippen LogP contribution in [0.5, 0.6) is 0 Å². The van der Waals surface area contributed by atoms with Gasteiger partial charge in [-0.05, 0) is 41.9 Å². The maximum atomic E-state index is 9.24. The molecule has 0 atom stereocenters. The molecule has 0 saturated carbocycles. The van der Waals surface area contributed by atoms with Crippen LogP contribution in [0.4, 0.5) is 0 Å². The molecule has 0 radical (unpaired) electrons. The van der Waals surface area contributed by atoms with Gasteiger partial charge < -0.3 is 5.11 Å². The highest BCUT2D eigenvalue weighted by Crippen LogP contribution is 2.14. The highest BCUT2D eigenvalue weighted by molar-refractivity contribution is 9.10. The highest BCUT2D eigenvalue weighted by atomic mass is 79.9. The van der Waals surface area contributed by atoms with Crippen LogP contribution in [0.15, 0.2) is 22.8 Å². The van der Waals surface area contributed by atoms with Crippen LogP contribution in [-0.2, 0) is 13.2 Å². The summed E-state index contributed by atoms with van der Waals surface area (Å²) in [7, 11) is 0. The molecule has 0 spiro atoms. The van der Waals surface area contributed by atoms with Gasteiger partial charge in [-0.3, -0.25) is 9.67 Å². The molecule has 5 heteroatoms. The van der Waals surface area contributed by atoms with Crippen molar-refractivity contribution in [2.75, 3.05) is 0 Å². The van der Waals surface area contributed by atoms with Gasteiger partial charge in [0.2, 0.25) is 0 Å². The predicted octanol–water partition coefficient (Wildman–Crippen LogP) is 2.20. The van der Waals surface area contributed by atoms with E-state index in [0.717, 1.165) is 27.1 Å². The maximum Gasteiger partial charge on any atom is 0.0834 e. The van der Waals surface area contributed by atoms with E-state index in [1.807, 2.05) is 30.7 Å². The van der Waals surface area contributed by atoms with Gasteiger partial charge in [0.05, 0.1) is 24.5 Å². The third-order valence-corrected chi connectivity index (χ3v) is 3.26. The number of aliphatic hydroxyl groups is 1. The average Bonchev–Trinajstić information content (AvgIpc) is 2.57. The molecule has 2 aromatic heterocycles. The molecule has 90 valence electrons. The summed E-state index contributed by atoms with van der Waals surface area (Å²) >= 11 is 3.35. The third-order valence-electron chi connectivity index (χ3n) is 2.79. The van der Waals surface area contributed by atoms with Crippen LogP contribution in [0.25, 0.3) is 0 Å². The minimum atomic E-state index is 0.0332. The van der Waals surface area contributed by atoms with Crippen LogP contribution in [0, 0.1) is 13.8 Å². The summed E-state index contributed by atoms with van der Waals surface area (Å²) in [6.07, 6.45) is 1.77. The van der Waals surface area contributed by atoms with Crippen molar-refractivity contribution >= 4 is 15.9 Å². The van der Waals surface area contributed by atoms with E-state index in [0.29, 0.717) is 6.54 Å². The van der Waals surface area contributed by atoms with E-state index in [1.54, 1.807) is 6.20 Å². The van der Waals surface area contributed by atoms with E-state index in [2.05, 4.69) is 26.0 Å². The standard InChI is InChI=1S/C12H14BrN3O/c1-8-12(7-17)9(2)16(15-8)6-11-4-3-10(13)5-14-11/h3-5,17H,6-7H2,1-2H3. The number of halogens is 1. The molecule has 0 saturated heterocycles. The first-order valence-electron chi connectivity index (χ1n) is 5.36. The monoisotopic (exact) mass is 295 g/mol. The molecule has 1 N–H and O–H groups in total. The lowest BCUT2D eigenvalue weighted by atomic mass is 10.2. The van der Waals surface area contributed by atoms with Crippen LogP contribution in [0.2, 0.25) is 0 Å². The number of aromatic nitrogens is 3. The van der Waals surface area contributed by atoms with Gasteiger partial charge in [-0.25, -0.2) is 0 Å². The zero-order chi connectivity index (χ0) is 12.4. The molecule has 0 fully saturated rings. The summed E-state index contributed by atoms with van der Waals surface area (Å²) < 4.78 is 2.84. The van der Waals surface area contributed by atoms with E-state index in [4.69, 9.17) is 0 Å². The van der Waals surface area contributed by atoms with Gasteiger partial charge in [-0.2, -0.15) is 5.10 Å². The molecule has 2 rings (SSSR count). The van der Waals surface area contributed by atoms with Gasteiger partial charge in [0.15, 0.2) is 0 Å². The molecule has 17 heavy (non-hydrogen) atoms. The first-order valence-corrected chi connectivity index (χ1v) is 6.15. The molecule has 0 amide bonds. The van der Waals surface area contributed by atoms with Crippen molar-refractivity contribution in [3.8, 4) is 0 Å². The fourth-order valence-electron chi connectivity index (χ4n) is 1.77. The third kappa shape index (κ3) is 2.56. The van der Waals surface area contributed by atoms with Crippen molar-refractivity contribution in [1.29, 1.82) is 0 Å².